The smallest absolute Gasteiger partial charge is 0.311 e. The van der Waals surface area contributed by atoms with Crippen LogP contribution in [0.25, 0.3) is 0 Å². The van der Waals surface area contributed by atoms with Crippen molar-refractivity contribution in [3.05, 3.63) is 0 Å². The van der Waals surface area contributed by atoms with E-state index in [-0.39, 0.29) is 17.4 Å². The van der Waals surface area contributed by atoms with Crippen LogP contribution < -0.4 is 5.73 Å². The average molecular weight is 171 g/mol. The number of hydrogen-bond donors (Lipinski definition) is 1. The third kappa shape index (κ3) is 1.78. The van der Waals surface area contributed by atoms with Crippen LogP contribution in [0.3, 0.4) is 0 Å². The lowest BCUT2D eigenvalue weighted by molar-refractivity contribution is -0.154. The van der Waals surface area contributed by atoms with Gasteiger partial charge in [-0.05, 0) is 33.1 Å². The predicted octanol–water partition coefficient (Wildman–Crippen LogP) is 1.07. The van der Waals surface area contributed by atoms with Crippen LogP contribution in [0, 0.1) is 5.41 Å². The van der Waals surface area contributed by atoms with Gasteiger partial charge < -0.3 is 10.5 Å². The first kappa shape index (κ1) is 9.52. The minimum absolute atomic E-state index is 0.0852. The van der Waals surface area contributed by atoms with Crippen LogP contribution in [0.5, 0.6) is 0 Å². The van der Waals surface area contributed by atoms with Gasteiger partial charge in [-0.15, -0.1) is 0 Å². The largest absolute Gasteiger partial charge is 0.466 e. The number of hydrogen-bond acceptors (Lipinski definition) is 3. The molecule has 0 amide bonds. The number of nitrogens with two attached hydrogens (primary N) is 1. The molecule has 1 aliphatic carbocycles. The minimum atomic E-state index is -0.310. The number of rotatable bonds is 2. The zero-order valence-corrected chi connectivity index (χ0v) is 7.80. The lowest BCUT2D eigenvalue weighted by Crippen LogP contribution is -2.29. The first-order chi connectivity index (χ1) is 5.58. The second kappa shape index (κ2) is 3.44. The molecule has 12 heavy (non-hydrogen) atoms. The Morgan fingerprint density at radius 1 is 1.75 bits per heavy atom. The van der Waals surface area contributed by atoms with E-state index in [9.17, 15) is 4.79 Å². The van der Waals surface area contributed by atoms with Crippen molar-refractivity contribution >= 4 is 5.97 Å². The molecule has 1 fully saturated rings. The molecule has 0 saturated heterocycles. The highest BCUT2D eigenvalue weighted by atomic mass is 16.5. The standard InChI is InChI=1S/C9H17NO2/c1-3-12-8(11)9(2)5-4-7(10)6-9/h7H,3-6,10H2,1-2H3/t7-,9-/m0/s1. The molecule has 2 atom stereocenters. The minimum Gasteiger partial charge on any atom is -0.466 e. The van der Waals surface area contributed by atoms with Crippen LogP contribution >= 0.6 is 0 Å². The number of carbonyl (C=O) groups is 1. The lowest BCUT2D eigenvalue weighted by atomic mass is 9.89. The van der Waals surface area contributed by atoms with Gasteiger partial charge in [-0.3, -0.25) is 4.79 Å². The Morgan fingerprint density at radius 3 is 2.83 bits per heavy atom. The second-order valence-electron chi connectivity index (χ2n) is 3.78. The van der Waals surface area contributed by atoms with Crippen LogP contribution in [0.4, 0.5) is 0 Å². The van der Waals surface area contributed by atoms with Gasteiger partial charge in [0.25, 0.3) is 0 Å². The van der Waals surface area contributed by atoms with Crippen LogP contribution in [0.2, 0.25) is 0 Å². The van der Waals surface area contributed by atoms with E-state index >= 15 is 0 Å². The third-order valence-corrected chi connectivity index (χ3v) is 2.55. The van der Waals surface area contributed by atoms with E-state index in [1.807, 2.05) is 13.8 Å². The molecule has 0 unspecified atom stereocenters. The van der Waals surface area contributed by atoms with Crippen LogP contribution in [0.15, 0.2) is 0 Å². The fourth-order valence-corrected chi connectivity index (χ4v) is 1.78. The normalized spacial score (nSPS) is 35.1. The summed E-state index contributed by atoms with van der Waals surface area (Å²) in [5.74, 6) is -0.0852. The zero-order valence-electron chi connectivity index (χ0n) is 7.80. The first-order valence-corrected chi connectivity index (χ1v) is 4.51. The summed E-state index contributed by atoms with van der Waals surface area (Å²) in [4.78, 5) is 11.4. The summed E-state index contributed by atoms with van der Waals surface area (Å²) in [6.45, 7) is 4.23. The highest BCUT2D eigenvalue weighted by molar-refractivity contribution is 5.76. The molecule has 3 heteroatoms. The van der Waals surface area contributed by atoms with Crippen molar-refractivity contribution < 1.29 is 9.53 Å². The summed E-state index contributed by atoms with van der Waals surface area (Å²) in [7, 11) is 0. The van der Waals surface area contributed by atoms with E-state index in [0.29, 0.717) is 6.61 Å². The van der Waals surface area contributed by atoms with E-state index in [4.69, 9.17) is 10.5 Å². The van der Waals surface area contributed by atoms with E-state index in [2.05, 4.69) is 0 Å². The Balaban J connectivity index is 2.54. The molecule has 0 aromatic carbocycles. The Kier molecular flexibility index (Phi) is 2.73. The van der Waals surface area contributed by atoms with Gasteiger partial charge >= 0.3 is 5.97 Å². The molecule has 0 spiro atoms. The molecule has 2 N–H and O–H groups in total. The Labute approximate surface area is 73.3 Å². The van der Waals surface area contributed by atoms with Gasteiger partial charge in [0.15, 0.2) is 0 Å². The quantitative estimate of drug-likeness (QED) is 0.632. The molecular formula is C9H17NO2. The second-order valence-corrected chi connectivity index (χ2v) is 3.78. The van der Waals surface area contributed by atoms with Gasteiger partial charge in [-0.2, -0.15) is 0 Å². The highest BCUT2D eigenvalue weighted by Gasteiger charge is 2.40. The summed E-state index contributed by atoms with van der Waals surface area (Å²) in [6, 6.07) is 0.180. The van der Waals surface area contributed by atoms with E-state index in [0.717, 1.165) is 19.3 Å². The summed E-state index contributed by atoms with van der Waals surface area (Å²) in [5, 5.41) is 0. The monoisotopic (exact) mass is 171 g/mol. The fraction of sp³-hybridized carbons (Fsp3) is 0.889. The van der Waals surface area contributed by atoms with Crippen LogP contribution in [-0.2, 0) is 9.53 Å². The molecule has 0 bridgehead atoms. The molecule has 1 rings (SSSR count). The van der Waals surface area contributed by atoms with Crippen molar-refractivity contribution in [1.82, 2.24) is 0 Å². The van der Waals surface area contributed by atoms with E-state index < -0.39 is 0 Å². The molecule has 1 aliphatic rings. The molecule has 0 aliphatic heterocycles. The third-order valence-electron chi connectivity index (χ3n) is 2.55. The van der Waals surface area contributed by atoms with Crippen LogP contribution in [0.1, 0.15) is 33.1 Å². The SMILES string of the molecule is CCOC(=O)[C@@]1(C)CC[C@H](N)C1. The maximum absolute atomic E-state index is 11.4. The molecule has 70 valence electrons. The Bertz CT molecular complexity index is 181. The van der Waals surface area contributed by atoms with Gasteiger partial charge in [0, 0.05) is 6.04 Å². The predicted molar refractivity (Wildman–Crippen MR) is 46.6 cm³/mol. The van der Waals surface area contributed by atoms with Crippen molar-refractivity contribution in [3.63, 3.8) is 0 Å². The summed E-state index contributed by atoms with van der Waals surface area (Å²) in [5.41, 5.74) is 5.43. The highest BCUT2D eigenvalue weighted by Crippen LogP contribution is 2.37. The Hall–Kier alpha value is -0.570. The molecule has 0 radical (unpaired) electrons. The molecule has 3 nitrogen and oxygen atoms in total. The van der Waals surface area contributed by atoms with Crippen molar-refractivity contribution in [2.75, 3.05) is 6.61 Å². The summed E-state index contributed by atoms with van der Waals surface area (Å²) in [6.07, 6.45) is 2.58. The van der Waals surface area contributed by atoms with Crippen molar-refractivity contribution in [1.29, 1.82) is 0 Å². The number of esters is 1. The van der Waals surface area contributed by atoms with Crippen molar-refractivity contribution in [3.8, 4) is 0 Å². The van der Waals surface area contributed by atoms with E-state index in [1.54, 1.807) is 0 Å². The maximum Gasteiger partial charge on any atom is 0.311 e. The van der Waals surface area contributed by atoms with Gasteiger partial charge in [0.2, 0.25) is 0 Å². The molecule has 0 aromatic rings. The first-order valence-electron chi connectivity index (χ1n) is 4.51. The molecule has 1 saturated carbocycles. The molecular weight excluding hydrogens is 154 g/mol. The lowest BCUT2D eigenvalue weighted by Gasteiger charge is -2.20. The van der Waals surface area contributed by atoms with E-state index in [1.165, 1.54) is 0 Å². The number of carbonyl (C=O) groups excluding carboxylic acids is 1. The summed E-state index contributed by atoms with van der Waals surface area (Å²) >= 11 is 0. The van der Waals surface area contributed by atoms with Gasteiger partial charge in [0.1, 0.15) is 0 Å². The van der Waals surface area contributed by atoms with Crippen molar-refractivity contribution in [2.24, 2.45) is 11.1 Å². The molecule has 0 aromatic heterocycles. The van der Waals surface area contributed by atoms with Gasteiger partial charge in [0.05, 0.1) is 12.0 Å². The zero-order chi connectivity index (χ0) is 9.19. The van der Waals surface area contributed by atoms with Gasteiger partial charge in [-0.1, -0.05) is 0 Å². The van der Waals surface area contributed by atoms with Crippen LogP contribution in [-0.4, -0.2) is 18.6 Å². The topological polar surface area (TPSA) is 52.3 Å². The Morgan fingerprint density at radius 2 is 2.42 bits per heavy atom. The maximum atomic E-state index is 11.4. The number of ether oxygens (including phenoxy) is 1. The summed E-state index contributed by atoms with van der Waals surface area (Å²) < 4.78 is 4.98. The average Bonchev–Trinajstić information content (AvgIpc) is 2.33. The van der Waals surface area contributed by atoms with Crippen molar-refractivity contribution in [2.45, 2.75) is 39.2 Å². The van der Waals surface area contributed by atoms with Gasteiger partial charge in [-0.25, -0.2) is 0 Å². The molecule has 0 heterocycles. The fourth-order valence-electron chi connectivity index (χ4n) is 1.78.